The van der Waals surface area contributed by atoms with E-state index in [9.17, 15) is 4.21 Å². The standard InChI is InChI=1S/C29H44N4O2S2/c1-21-28(36-29(31-21)30-20-22-9-5-3-6-10-22)23-13-14-26(35-2)27(19-23)37(34)32-24-15-17-33(18-16-24)25-11-7-4-8-12-25/h13-14,19,22,24-25,32H,3-12,15-18,20H2,1-2H3,(H,30,31). The number of benzene rings is 1. The van der Waals surface area contributed by atoms with Crippen LogP contribution in [0.1, 0.15) is 82.7 Å². The summed E-state index contributed by atoms with van der Waals surface area (Å²) in [5, 5.41) is 4.58. The lowest BCUT2D eigenvalue weighted by atomic mass is 9.89. The molecule has 8 heteroatoms. The van der Waals surface area contributed by atoms with Gasteiger partial charge in [-0.2, -0.15) is 0 Å². The van der Waals surface area contributed by atoms with E-state index in [-0.39, 0.29) is 6.04 Å². The lowest BCUT2D eigenvalue weighted by Crippen LogP contribution is -2.47. The number of rotatable bonds is 9. The molecule has 37 heavy (non-hydrogen) atoms. The van der Waals surface area contributed by atoms with E-state index in [1.54, 1.807) is 18.4 Å². The Morgan fingerprint density at radius 1 is 1.03 bits per heavy atom. The maximum atomic E-state index is 13.5. The SMILES string of the molecule is COc1ccc(-c2sc(NCC3CCCCC3)nc2C)cc1S(=O)NC1CCN(C2CCCCC2)CC1. The highest BCUT2D eigenvalue weighted by Crippen LogP contribution is 2.36. The van der Waals surface area contributed by atoms with Gasteiger partial charge in [-0.3, -0.25) is 0 Å². The van der Waals surface area contributed by atoms with E-state index in [4.69, 9.17) is 9.72 Å². The van der Waals surface area contributed by atoms with Crippen molar-refractivity contribution in [3.8, 4) is 16.2 Å². The molecule has 0 bridgehead atoms. The average Bonchev–Trinajstić information content (AvgIpc) is 3.33. The first-order valence-electron chi connectivity index (χ1n) is 14.4. The van der Waals surface area contributed by atoms with E-state index < -0.39 is 11.0 Å². The highest BCUT2D eigenvalue weighted by Gasteiger charge is 2.27. The number of nitrogens with one attached hydrogen (secondary N) is 2. The number of ether oxygens (including phenoxy) is 1. The molecular weight excluding hydrogens is 500 g/mol. The Morgan fingerprint density at radius 2 is 1.73 bits per heavy atom. The molecule has 1 atom stereocenters. The van der Waals surface area contributed by atoms with Gasteiger partial charge >= 0.3 is 0 Å². The quantitative estimate of drug-likeness (QED) is 0.376. The van der Waals surface area contributed by atoms with Gasteiger partial charge in [0.05, 0.1) is 22.6 Å². The molecule has 0 spiro atoms. The molecule has 0 radical (unpaired) electrons. The van der Waals surface area contributed by atoms with Gasteiger partial charge in [0.25, 0.3) is 0 Å². The number of piperidine rings is 1. The van der Waals surface area contributed by atoms with Crippen LogP contribution in [0.4, 0.5) is 5.13 Å². The second-order valence-corrected chi connectivity index (χ2v) is 13.4. The predicted octanol–water partition coefficient (Wildman–Crippen LogP) is 6.53. The summed E-state index contributed by atoms with van der Waals surface area (Å²) in [6.45, 7) is 5.28. The molecule has 0 amide bonds. The zero-order chi connectivity index (χ0) is 25.6. The summed E-state index contributed by atoms with van der Waals surface area (Å²) in [5.74, 6) is 1.43. The Hall–Kier alpha value is -1.48. The van der Waals surface area contributed by atoms with Crippen LogP contribution in [0.25, 0.3) is 10.4 Å². The topological polar surface area (TPSA) is 66.5 Å². The van der Waals surface area contributed by atoms with Crippen LogP contribution in [0.15, 0.2) is 23.1 Å². The van der Waals surface area contributed by atoms with Gasteiger partial charge in [-0.05, 0) is 88.2 Å². The van der Waals surface area contributed by atoms with Gasteiger partial charge in [0.15, 0.2) is 5.13 Å². The van der Waals surface area contributed by atoms with E-state index in [0.29, 0.717) is 5.75 Å². The molecule has 1 saturated heterocycles. The number of nitrogens with zero attached hydrogens (tertiary/aromatic N) is 2. The highest BCUT2D eigenvalue weighted by atomic mass is 32.2. The number of likely N-dealkylation sites (tertiary alicyclic amines) is 1. The van der Waals surface area contributed by atoms with Crippen molar-refractivity contribution < 1.29 is 8.95 Å². The summed E-state index contributed by atoms with van der Waals surface area (Å²) >= 11 is 1.70. The van der Waals surface area contributed by atoms with Crippen molar-refractivity contribution in [2.75, 3.05) is 32.1 Å². The molecule has 2 aromatic rings. The second-order valence-electron chi connectivity index (χ2n) is 11.2. The normalized spacial score (nSPS) is 21.7. The number of aromatic nitrogens is 1. The fourth-order valence-electron chi connectivity index (χ4n) is 6.37. The minimum Gasteiger partial charge on any atom is -0.495 e. The molecule has 1 aliphatic heterocycles. The van der Waals surface area contributed by atoms with Gasteiger partial charge in [-0.1, -0.05) is 49.9 Å². The number of hydrogen-bond acceptors (Lipinski definition) is 6. The van der Waals surface area contributed by atoms with E-state index in [2.05, 4.69) is 27.9 Å². The van der Waals surface area contributed by atoms with Crippen molar-refractivity contribution >= 4 is 27.5 Å². The van der Waals surface area contributed by atoms with Crippen molar-refractivity contribution in [1.29, 1.82) is 0 Å². The molecule has 3 fully saturated rings. The third-order valence-corrected chi connectivity index (χ3v) is 11.0. The van der Waals surface area contributed by atoms with Crippen LogP contribution in [0.3, 0.4) is 0 Å². The van der Waals surface area contributed by atoms with E-state index in [1.807, 2.05) is 12.1 Å². The zero-order valence-corrected chi connectivity index (χ0v) is 24.2. The minimum absolute atomic E-state index is 0.273. The van der Waals surface area contributed by atoms with E-state index in [1.165, 1.54) is 64.2 Å². The van der Waals surface area contributed by atoms with Crippen LogP contribution in [0.2, 0.25) is 0 Å². The van der Waals surface area contributed by atoms with Crippen LogP contribution in [-0.4, -0.2) is 52.9 Å². The Bertz CT molecular complexity index is 1040. The monoisotopic (exact) mass is 544 g/mol. The Balaban J connectivity index is 1.22. The average molecular weight is 545 g/mol. The summed E-state index contributed by atoms with van der Waals surface area (Å²) in [6.07, 6.45) is 15.7. The van der Waals surface area contributed by atoms with Gasteiger partial charge in [0, 0.05) is 18.6 Å². The highest BCUT2D eigenvalue weighted by molar-refractivity contribution is 7.83. The fraction of sp³-hybridized carbons (Fsp3) is 0.690. The fourth-order valence-corrected chi connectivity index (χ4v) is 8.57. The first kappa shape index (κ1) is 27.1. The Morgan fingerprint density at radius 3 is 2.43 bits per heavy atom. The molecule has 6 nitrogen and oxygen atoms in total. The van der Waals surface area contributed by atoms with Crippen LogP contribution in [0.5, 0.6) is 5.75 Å². The lowest BCUT2D eigenvalue weighted by Gasteiger charge is -2.39. The number of methoxy groups -OCH3 is 1. The maximum absolute atomic E-state index is 13.5. The number of anilines is 1. The van der Waals surface area contributed by atoms with Gasteiger partial charge in [0.1, 0.15) is 16.7 Å². The molecular formula is C29H44N4O2S2. The van der Waals surface area contributed by atoms with Crippen LogP contribution in [0, 0.1) is 12.8 Å². The molecule has 2 heterocycles. The Labute approximate surface area is 229 Å². The summed E-state index contributed by atoms with van der Waals surface area (Å²) < 4.78 is 22.6. The van der Waals surface area contributed by atoms with Crippen LogP contribution in [-0.2, 0) is 11.0 Å². The third-order valence-electron chi connectivity index (χ3n) is 8.58. The molecule has 1 unspecified atom stereocenters. The molecule has 1 aromatic heterocycles. The number of hydrogen-bond donors (Lipinski definition) is 2. The van der Waals surface area contributed by atoms with E-state index >= 15 is 0 Å². The molecule has 5 rings (SSSR count). The summed E-state index contributed by atoms with van der Waals surface area (Å²) in [6, 6.07) is 7.08. The zero-order valence-electron chi connectivity index (χ0n) is 22.6. The first-order valence-corrected chi connectivity index (χ1v) is 16.4. The summed E-state index contributed by atoms with van der Waals surface area (Å²) in [7, 11) is 0.332. The van der Waals surface area contributed by atoms with Gasteiger partial charge in [-0.25, -0.2) is 13.9 Å². The summed E-state index contributed by atoms with van der Waals surface area (Å²) in [4.78, 5) is 9.34. The Kier molecular flexibility index (Phi) is 9.56. The lowest BCUT2D eigenvalue weighted by molar-refractivity contribution is 0.120. The van der Waals surface area contributed by atoms with Crippen molar-refractivity contribution in [3.05, 3.63) is 23.9 Å². The smallest absolute Gasteiger partial charge is 0.183 e. The first-order chi connectivity index (χ1) is 18.1. The van der Waals surface area contributed by atoms with Gasteiger partial charge < -0.3 is 15.0 Å². The molecule has 3 aliphatic rings. The van der Waals surface area contributed by atoms with Crippen molar-refractivity contribution in [1.82, 2.24) is 14.6 Å². The third kappa shape index (κ3) is 6.94. The number of thiazole rings is 1. The van der Waals surface area contributed by atoms with Gasteiger partial charge in [-0.15, -0.1) is 0 Å². The molecule has 2 N–H and O–H groups in total. The predicted molar refractivity (Wildman–Crippen MR) is 155 cm³/mol. The molecule has 204 valence electrons. The molecule has 2 aliphatic carbocycles. The van der Waals surface area contributed by atoms with Crippen LogP contribution < -0.4 is 14.8 Å². The second kappa shape index (κ2) is 13.0. The minimum atomic E-state index is -1.32. The van der Waals surface area contributed by atoms with Crippen LogP contribution >= 0.6 is 11.3 Å². The van der Waals surface area contributed by atoms with Crippen molar-refractivity contribution in [2.24, 2.45) is 5.92 Å². The number of aryl methyl sites for hydroxylation is 1. The summed E-state index contributed by atoms with van der Waals surface area (Å²) in [5.41, 5.74) is 2.07. The maximum Gasteiger partial charge on any atom is 0.183 e. The van der Waals surface area contributed by atoms with E-state index in [0.717, 1.165) is 70.6 Å². The molecule has 2 saturated carbocycles. The largest absolute Gasteiger partial charge is 0.495 e. The van der Waals surface area contributed by atoms with Crippen molar-refractivity contribution in [3.63, 3.8) is 0 Å². The van der Waals surface area contributed by atoms with Crippen molar-refractivity contribution in [2.45, 2.75) is 101 Å². The molecule has 1 aromatic carbocycles. The van der Waals surface area contributed by atoms with Gasteiger partial charge in [0.2, 0.25) is 0 Å².